The summed E-state index contributed by atoms with van der Waals surface area (Å²) < 4.78 is 0. The summed E-state index contributed by atoms with van der Waals surface area (Å²) in [7, 11) is 0. The minimum atomic E-state index is 0.694. The summed E-state index contributed by atoms with van der Waals surface area (Å²) in [5.41, 5.74) is 12.5. The molecule has 214 valence electrons. The smallest absolute Gasteiger partial charge is 0.0415 e. The Bertz CT molecular complexity index is 1680. The summed E-state index contributed by atoms with van der Waals surface area (Å²) in [6.45, 7) is 16.2. The van der Waals surface area contributed by atoms with E-state index in [1.165, 1.54) is 22.3 Å². The Morgan fingerprint density at radius 2 is 0.841 bits per heavy atom. The van der Waals surface area contributed by atoms with Gasteiger partial charge in [0.25, 0.3) is 0 Å². The van der Waals surface area contributed by atoms with E-state index in [0.29, 0.717) is 6.54 Å². The molecule has 5 aromatic rings. The van der Waals surface area contributed by atoms with Crippen molar-refractivity contribution in [1.82, 2.24) is 0 Å². The minimum absolute atomic E-state index is 0.694. The van der Waals surface area contributed by atoms with Crippen LogP contribution in [0.25, 0.3) is 46.1 Å². The van der Waals surface area contributed by atoms with Crippen molar-refractivity contribution >= 4 is 35.2 Å². The number of allylic oxidation sites excluding steroid dienone is 4. The Hall–Kier alpha value is -5.66. The molecule has 0 radical (unpaired) electrons. The highest BCUT2D eigenvalue weighted by atomic mass is 15.1. The van der Waals surface area contributed by atoms with Gasteiger partial charge in [-0.05, 0) is 74.3 Å². The van der Waals surface area contributed by atoms with E-state index in [9.17, 15) is 0 Å². The zero-order chi connectivity index (χ0) is 30.7. The van der Waals surface area contributed by atoms with Gasteiger partial charge in [-0.1, -0.05) is 166 Å². The normalized spacial score (nSPS) is 11.2. The van der Waals surface area contributed by atoms with Crippen LogP contribution in [0.3, 0.4) is 0 Å². The van der Waals surface area contributed by atoms with Crippen molar-refractivity contribution < 1.29 is 0 Å². The zero-order valence-corrected chi connectivity index (χ0v) is 25.1. The van der Waals surface area contributed by atoms with E-state index in [1.807, 2.05) is 30.4 Å². The van der Waals surface area contributed by atoms with Crippen molar-refractivity contribution in [3.8, 4) is 22.3 Å². The van der Waals surface area contributed by atoms with Gasteiger partial charge in [-0.15, -0.1) is 0 Å². The fourth-order valence-corrected chi connectivity index (χ4v) is 5.12. The quantitative estimate of drug-likeness (QED) is 0.136. The molecule has 0 bridgehead atoms. The van der Waals surface area contributed by atoms with E-state index < -0.39 is 0 Å². The highest BCUT2D eigenvalue weighted by molar-refractivity contribution is 5.77. The Kier molecular flexibility index (Phi) is 9.82. The Morgan fingerprint density at radius 1 is 0.477 bits per heavy atom. The van der Waals surface area contributed by atoms with E-state index in [-0.39, 0.29) is 0 Å². The molecular formula is C43H37N. The van der Waals surface area contributed by atoms with Crippen LogP contribution >= 0.6 is 0 Å². The maximum atomic E-state index is 3.94. The Labute approximate surface area is 262 Å². The molecule has 0 saturated carbocycles. The summed E-state index contributed by atoms with van der Waals surface area (Å²) in [4.78, 5) is 2.33. The van der Waals surface area contributed by atoms with Gasteiger partial charge < -0.3 is 4.90 Å². The second-order valence-corrected chi connectivity index (χ2v) is 10.4. The van der Waals surface area contributed by atoms with Gasteiger partial charge in [0.2, 0.25) is 0 Å². The monoisotopic (exact) mass is 567 g/mol. The molecule has 0 amide bonds. The Morgan fingerprint density at radius 3 is 1.20 bits per heavy atom. The van der Waals surface area contributed by atoms with Crippen LogP contribution in [0.5, 0.6) is 0 Å². The molecule has 0 N–H and O–H groups in total. The molecule has 0 spiro atoms. The van der Waals surface area contributed by atoms with Crippen molar-refractivity contribution in [2.75, 3.05) is 11.4 Å². The predicted octanol–water partition coefficient (Wildman–Crippen LogP) is 11.9. The van der Waals surface area contributed by atoms with Crippen molar-refractivity contribution in [3.05, 3.63) is 194 Å². The van der Waals surface area contributed by atoms with E-state index >= 15 is 0 Å². The van der Waals surface area contributed by atoms with Gasteiger partial charge in [0.15, 0.2) is 0 Å². The summed E-state index contributed by atoms with van der Waals surface area (Å²) in [6.07, 6.45) is 13.8. The molecule has 0 aliphatic heterocycles. The zero-order valence-electron chi connectivity index (χ0n) is 25.1. The lowest BCUT2D eigenvalue weighted by Gasteiger charge is -2.24. The highest BCUT2D eigenvalue weighted by Gasteiger charge is 2.10. The lowest BCUT2D eigenvalue weighted by molar-refractivity contribution is 1.10. The second-order valence-electron chi connectivity index (χ2n) is 10.4. The largest absolute Gasteiger partial charge is 0.338 e. The number of benzene rings is 5. The molecule has 0 aliphatic carbocycles. The maximum Gasteiger partial charge on any atom is 0.0415 e. The molecule has 5 aromatic carbocycles. The average molecular weight is 568 g/mol. The van der Waals surface area contributed by atoms with Crippen molar-refractivity contribution in [3.63, 3.8) is 0 Å². The molecular weight excluding hydrogens is 530 g/mol. The first-order chi connectivity index (χ1) is 21.6. The van der Waals surface area contributed by atoms with Crippen LogP contribution in [0.15, 0.2) is 172 Å². The van der Waals surface area contributed by atoms with Gasteiger partial charge in [0.1, 0.15) is 0 Å². The molecule has 44 heavy (non-hydrogen) atoms. The van der Waals surface area contributed by atoms with Crippen LogP contribution in [0.1, 0.15) is 22.3 Å². The third-order valence-electron chi connectivity index (χ3n) is 7.68. The number of rotatable bonds is 12. The van der Waals surface area contributed by atoms with Gasteiger partial charge in [0, 0.05) is 17.9 Å². The average Bonchev–Trinajstić information content (AvgIpc) is 3.10. The molecule has 0 saturated heterocycles. The van der Waals surface area contributed by atoms with Crippen LogP contribution in [-0.2, 0) is 0 Å². The van der Waals surface area contributed by atoms with Crippen LogP contribution in [0.2, 0.25) is 0 Å². The predicted molar refractivity (Wildman–Crippen MR) is 195 cm³/mol. The minimum Gasteiger partial charge on any atom is -0.338 e. The molecule has 0 aromatic heterocycles. The van der Waals surface area contributed by atoms with Gasteiger partial charge in [-0.2, -0.15) is 0 Å². The molecule has 1 nitrogen and oxygen atoms in total. The lowest BCUT2D eigenvalue weighted by atomic mass is 10.0. The van der Waals surface area contributed by atoms with Crippen LogP contribution < -0.4 is 4.90 Å². The number of nitrogens with zero attached hydrogens (tertiary/aromatic N) is 1. The molecule has 0 fully saturated rings. The maximum absolute atomic E-state index is 3.94. The van der Waals surface area contributed by atoms with Crippen LogP contribution in [0, 0.1) is 0 Å². The number of hydrogen-bond acceptors (Lipinski definition) is 1. The van der Waals surface area contributed by atoms with E-state index in [2.05, 4.69) is 165 Å². The standard InChI is InChI=1S/C43H37N/c1-5-10-36(37-18-12-33(6-2)13-19-37)11-9-32-44(42-28-24-40(25-29-42)38-20-14-34(7-3)15-21-38)43-30-26-41(27-31-43)39-22-16-35(8-4)17-23-39/h5-31H,1-4,32H2/b11-9-,36-10+. The third-order valence-corrected chi connectivity index (χ3v) is 7.68. The van der Waals surface area contributed by atoms with E-state index in [1.54, 1.807) is 0 Å². The summed E-state index contributed by atoms with van der Waals surface area (Å²) >= 11 is 0. The van der Waals surface area contributed by atoms with Crippen molar-refractivity contribution in [2.24, 2.45) is 0 Å². The van der Waals surface area contributed by atoms with Gasteiger partial charge in [0.05, 0.1) is 0 Å². The first-order valence-electron chi connectivity index (χ1n) is 14.8. The lowest BCUT2D eigenvalue weighted by Crippen LogP contribution is -2.16. The fourth-order valence-electron chi connectivity index (χ4n) is 5.12. The van der Waals surface area contributed by atoms with E-state index in [0.717, 1.165) is 39.2 Å². The molecule has 1 heteroatoms. The van der Waals surface area contributed by atoms with Crippen molar-refractivity contribution in [1.29, 1.82) is 0 Å². The first kappa shape index (κ1) is 29.8. The molecule has 0 heterocycles. The van der Waals surface area contributed by atoms with Crippen molar-refractivity contribution in [2.45, 2.75) is 0 Å². The van der Waals surface area contributed by atoms with Gasteiger partial charge >= 0.3 is 0 Å². The first-order valence-corrected chi connectivity index (χ1v) is 14.8. The number of hydrogen-bond donors (Lipinski definition) is 0. The second kappa shape index (κ2) is 14.5. The molecule has 0 aliphatic rings. The SMILES string of the molecule is C=C/C=C(\C=C/CN(c1ccc(-c2ccc(C=C)cc2)cc1)c1ccc(-c2ccc(C=C)cc2)cc1)c1ccc(C=C)cc1. The molecule has 0 atom stereocenters. The molecule has 0 unspecified atom stereocenters. The van der Waals surface area contributed by atoms with Crippen LogP contribution in [0.4, 0.5) is 11.4 Å². The summed E-state index contributed by atoms with van der Waals surface area (Å²) in [6, 6.07) is 42.9. The molecule has 5 rings (SSSR count). The summed E-state index contributed by atoms with van der Waals surface area (Å²) in [5, 5.41) is 0. The summed E-state index contributed by atoms with van der Waals surface area (Å²) in [5.74, 6) is 0. The topological polar surface area (TPSA) is 3.24 Å². The Balaban J connectivity index is 1.44. The van der Waals surface area contributed by atoms with Gasteiger partial charge in [-0.3, -0.25) is 0 Å². The fraction of sp³-hybridized carbons (Fsp3) is 0.0233. The highest BCUT2D eigenvalue weighted by Crippen LogP contribution is 2.31. The van der Waals surface area contributed by atoms with Gasteiger partial charge in [-0.25, -0.2) is 0 Å². The number of anilines is 2. The third kappa shape index (κ3) is 7.21. The van der Waals surface area contributed by atoms with Crippen LogP contribution in [-0.4, -0.2) is 6.54 Å². The van der Waals surface area contributed by atoms with E-state index in [4.69, 9.17) is 0 Å².